The van der Waals surface area contributed by atoms with Gasteiger partial charge in [0.25, 0.3) is 5.91 Å². The molecular formula is C13H18N2O2. The van der Waals surface area contributed by atoms with E-state index in [0.29, 0.717) is 5.56 Å². The van der Waals surface area contributed by atoms with Crippen LogP contribution in [-0.4, -0.2) is 23.2 Å². The predicted molar refractivity (Wildman–Crippen MR) is 65.8 cm³/mol. The second-order valence-electron chi connectivity index (χ2n) is 5.11. The van der Waals surface area contributed by atoms with Crippen LogP contribution in [0, 0.1) is 12.3 Å². The number of nitrogens with one attached hydrogen (secondary N) is 1. The number of ketones is 1. The molecule has 0 bridgehead atoms. The van der Waals surface area contributed by atoms with E-state index in [1.807, 2.05) is 27.7 Å². The fourth-order valence-electron chi connectivity index (χ4n) is 1.21. The van der Waals surface area contributed by atoms with Crippen molar-refractivity contribution in [2.24, 2.45) is 5.41 Å². The van der Waals surface area contributed by atoms with E-state index in [4.69, 9.17) is 0 Å². The largest absolute Gasteiger partial charge is 0.345 e. The van der Waals surface area contributed by atoms with Gasteiger partial charge in [-0.1, -0.05) is 20.8 Å². The lowest BCUT2D eigenvalue weighted by atomic mass is 9.91. The Bertz CT molecular complexity index is 433. The van der Waals surface area contributed by atoms with Crippen molar-refractivity contribution in [2.75, 3.05) is 6.54 Å². The number of Topliss-reactive ketones (excluding diaryl/α,β-unsaturated/α-hetero) is 1. The van der Waals surface area contributed by atoms with E-state index in [9.17, 15) is 9.59 Å². The minimum absolute atomic E-state index is 0.00598. The van der Waals surface area contributed by atoms with Crippen molar-refractivity contribution < 1.29 is 9.59 Å². The summed E-state index contributed by atoms with van der Waals surface area (Å²) in [6, 6.07) is 1.74. The smallest absolute Gasteiger partial charge is 0.253 e. The van der Waals surface area contributed by atoms with Gasteiger partial charge in [-0.3, -0.25) is 14.6 Å². The molecule has 0 radical (unpaired) electrons. The van der Waals surface area contributed by atoms with Gasteiger partial charge in [-0.05, 0) is 18.6 Å². The molecule has 1 aromatic heterocycles. The molecule has 0 atom stereocenters. The quantitative estimate of drug-likeness (QED) is 0.866. The molecule has 0 aromatic carbocycles. The van der Waals surface area contributed by atoms with Gasteiger partial charge in [0.1, 0.15) is 0 Å². The molecule has 0 saturated heterocycles. The number of hydrogen-bond donors (Lipinski definition) is 1. The Morgan fingerprint density at radius 3 is 2.47 bits per heavy atom. The highest BCUT2D eigenvalue weighted by Gasteiger charge is 2.21. The first-order valence-electron chi connectivity index (χ1n) is 5.54. The zero-order chi connectivity index (χ0) is 13.1. The Balaban J connectivity index is 2.60. The first-order valence-corrected chi connectivity index (χ1v) is 5.54. The molecule has 92 valence electrons. The molecule has 17 heavy (non-hydrogen) atoms. The molecule has 4 heteroatoms. The van der Waals surface area contributed by atoms with Crippen LogP contribution in [0.4, 0.5) is 0 Å². The highest BCUT2D eigenvalue weighted by Crippen LogP contribution is 2.13. The van der Waals surface area contributed by atoms with Gasteiger partial charge in [0, 0.05) is 17.8 Å². The zero-order valence-corrected chi connectivity index (χ0v) is 10.7. The summed E-state index contributed by atoms with van der Waals surface area (Å²) in [6.07, 6.45) is 3.17. The highest BCUT2D eigenvalue weighted by atomic mass is 16.2. The van der Waals surface area contributed by atoms with Gasteiger partial charge in [0.2, 0.25) is 0 Å². The molecule has 0 unspecified atom stereocenters. The standard InChI is InChI=1S/C13H18N2O2/c1-9-5-10(7-14-6-9)12(17)15-8-11(16)13(2,3)4/h5-7H,8H2,1-4H3,(H,15,17). The third kappa shape index (κ3) is 3.98. The molecule has 0 aliphatic carbocycles. The van der Waals surface area contributed by atoms with E-state index < -0.39 is 5.41 Å². The molecule has 1 N–H and O–H groups in total. The van der Waals surface area contributed by atoms with Crippen LogP contribution in [-0.2, 0) is 4.79 Å². The molecule has 0 saturated carbocycles. The monoisotopic (exact) mass is 234 g/mol. The van der Waals surface area contributed by atoms with E-state index in [1.165, 1.54) is 6.20 Å². The topological polar surface area (TPSA) is 59.1 Å². The molecular weight excluding hydrogens is 216 g/mol. The Morgan fingerprint density at radius 2 is 1.94 bits per heavy atom. The van der Waals surface area contributed by atoms with E-state index in [2.05, 4.69) is 10.3 Å². The number of carbonyl (C=O) groups is 2. The number of aromatic nitrogens is 1. The Hall–Kier alpha value is -1.71. The van der Waals surface area contributed by atoms with Crippen molar-refractivity contribution in [3.8, 4) is 0 Å². The Labute approximate surface area is 101 Å². The van der Waals surface area contributed by atoms with Crippen LogP contribution in [0.3, 0.4) is 0 Å². The summed E-state index contributed by atoms with van der Waals surface area (Å²) in [6.45, 7) is 7.40. The molecule has 0 spiro atoms. The maximum Gasteiger partial charge on any atom is 0.253 e. The lowest BCUT2D eigenvalue weighted by Crippen LogP contribution is -2.35. The average Bonchev–Trinajstić information content (AvgIpc) is 2.24. The van der Waals surface area contributed by atoms with Crippen LogP contribution in [0.15, 0.2) is 18.5 Å². The van der Waals surface area contributed by atoms with Gasteiger partial charge in [-0.15, -0.1) is 0 Å². The van der Waals surface area contributed by atoms with Gasteiger partial charge in [-0.25, -0.2) is 0 Å². The number of amides is 1. The summed E-state index contributed by atoms with van der Waals surface area (Å²) in [5, 5.41) is 2.60. The van der Waals surface area contributed by atoms with E-state index in [-0.39, 0.29) is 18.2 Å². The molecule has 1 heterocycles. The van der Waals surface area contributed by atoms with Gasteiger partial charge in [0.15, 0.2) is 5.78 Å². The van der Waals surface area contributed by atoms with Crippen LogP contribution >= 0.6 is 0 Å². The average molecular weight is 234 g/mol. The van der Waals surface area contributed by atoms with Crippen LogP contribution in [0.5, 0.6) is 0 Å². The molecule has 0 aliphatic heterocycles. The van der Waals surface area contributed by atoms with Crippen molar-refractivity contribution in [1.29, 1.82) is 0 Å². The summed E-state index contributed by atoms with van der Waals surface area (Å²) in [4.78, 5) is 27.3. The SMILES string of the molecule is Cc1cncc(C(=O)NCC(=O)C(C)(C)C)c1. The third-order valence-electron chi connectivity index (χ3n) is 2.38. The van der Waals surface area contributed by atoms with Crippen molar-refractivity contribution in [3.63, 3.8) is 0 Å². The highest BCUT2D eigenvalue weighted by molar-refractivity contribution is 5.97. The van der Waals surface area contributed by atoms with Crippen LogP contribution in [0.2, 0.25) is 0 Å². The molecule has 4 nitrogen and oxygen atoms in total. The summed E-state index contributed by atoms with van der Waals surface area (Å²) in [5.74, 6) is -0.259. The van der Waals surface area contributed by atoms with Gasteiger partial charge in [-0.2, -0.15) is 0 Å². The van der Waals surface area contributed by atoms with Gasteiger partial charge in [0.05, 0.1) is 12.1 Å². The first kappa shape index (κ1) is 13.4. The van der Waals surface area contributed by atoms with E-state index in [0.717, 1.165) is 5.56 Å². The lowest BCUT2D eigenvalue weighted by molar-refractivity contribution is -0.125. The molecule has 1 aromatic rings. The van der Waals surface area contributed by atoms with Gasteiger partial charge < -0.3 is 5.32 Å². The molecule has 1 amide bonds. The Kier molecular flexibility index (Phi) is 3.99. The normalized spacial score (nSPS) is 11.1. The lowest BCUT2D eigenvalue weighted by Gasteiger charge is -2.16. The minimum Gasteiger partial charge on any atom is -0.345 e. The number of carbonyl (C=O) groups excluding carboxylic acids is 2. The number of aryl methyl sites for hydroxylation is 1. The molecule has 1 rings (SSSR count). The van der Waals surface area contributed by atoms with Gasteiger partial charge >= 0.3 is 0 Å². The summed E-state index contributed by atoms with van der Waals surface area (Å²) in [5.41, 5.74) is 0.963. The van der Waals surface area contributed by atoms with Crippen molar-refractivity contribution >= 4 is 11.7 Å². The van der Waals surface area contributed by atoms with Crippen molar-refractivity contribution in [2.45, 2.75) is 27.7 Å². The van der Waals surface area contributed by atoms with Crippen LogP contribution in [0.1, 0.15) is 36.7 Å². The second kappa shape index (κ2) is 5.08. The zero-order valence-electron chi connectivity index (χ0n) is 10.7. The summed E-state index contributed by atoms with van der Waals surface area (Å²) >= 11 is 0. The predicted octanol–water partition coefficient (Wildman–Crippen LogP) is 1.74. The van der Waals surface area contributed by atoms with Crippen molar-refractivity contribution in [3.05, 3.63) is 29.6 Å². The van der Waals surface area contributed by atoms with E-state index in [1.54, 1.807) is 12.3 Å². The van der Waals surface area contributed by atoms with Crippen LogP contribution < -0.4 is 5.32 Å². The third-order valence-corrected chi connectivity index (χ3v) is 2.38. The maximum atomic E-state index is 11.7. The maximum absolute atomic E-state index is 11.7. The number of rotatable bonds is 3. The van der Waals surface area contributed by atoms with E-state index >= 15 is 0 Å². The first-order chi connectivity index (χ1) is 7.80. The summed E-state index contributed by atoms with van der Waals surface area (Å²) < 4.78 is 0. The Morgan fingerprint density at radius 1 is 1.29 bits per heavy atom. The van der Waals surface area contributed by atoms with Crippen molar-refractivity contribution in [1.82, 2.24) is 10.3 Å². The fraction of sp³-hybridized carbons (Fsp3) is 0.462. The minimum atomic E-state index is -0.432. The fourth-order valence-corrected chi connectivity index (χ4v) is 1.21. The number of pyridine rings is 1. The molecule has 0 aliphatic rings. The summed E-state index contributed by atoms with van der Waals surface area (Å²) in [7, 11) is 0. The number of hydrogen-bond acceptors (Lipinski definition) is 3. The van der Waals surface area contributed by atoms with Crippen LogP contribution in [0.25, 0.3) is 0 Å². The number of nitrogens with zero attached hydrogens (tertiary/aromatic N) is 1. The second-order valence-corrected chi connectivity index (χ2v) is 5.11. The molecule has 0 fully saturated rings.